The fraction of sp³-hybridized carbons (Fsp3) is 0.450. The number of aliphatic hydroxyl groups excluding tert-OH is 1. The standard InChI is InChI=1S/C20H27N3O2/c1-3-25-19-7-6-15(11-17(19)14-24)13-23-10-4-5-18(23)16-8-9-22-20(12-16)21-2/h6-9,11-12,18,24H,3-5,10,13-14H2,1-2H3,(H,21,22)/t18-/m1/s1. The van der Waals surface area contributed by atoms with Crippen LogP contribution >= 0.6 is 0 Å². The van der Waals surface area contributed by atoms with Gasteiger partial charge in [0.05, 0.1) is 13.2 Å². The van der Waals surface area contributed by atoms with Gasteiger partial charge in [-0.3, -0.25) is 4.90 Å². The Morgan fingerprint density at radius 3 is 2.96 bits per heavy atom. The van der Waals surface area contributed by atoms with E-state index in [4.69, 9.17) is 4.74 Å². The van der Waals surface area contributed by atoms with Crippen LogP contribution in [0.4, 0.5) is 5.82 Å². The molecule has 0 amide bonds. The number of anilines is 1. The summed E-state index contributed by atoms with van der Waals surface area (Å²) in [5.74, 6) is 1.69. The lowest BCUT2D eigenvalue weighted by atomic mass is 10.0. The van der Waals surface area contributed by atoms with Gasteiger partial charge in [0.25, 0.3) is 0 Å². The van der Waals surface area contributed by atoms with Crippen LogP contribution in [0.15, 0.2) is 36.5 Å². The molecule has 25 heavy (non-hydrogen) atoms. The molecule has 1 fully saturated rings. The van der Waals surface area contributed by atoms with Crippen molar-refractivity contribution in [2.24, 2.45) is 0 Å². The molecule has 5 nitrogen and oxygen atoms in total. The molecule has 2 aromatic rings. The van der Waals surface area contributed by atoms with Crippen LogP contribution in [-0.4, -0.2) is 35.2 Å². The van der Waals surface area contributed by atoms with E-state index in [1.807, 2.05) is 26.2 Å². The molecule has 5 heteroatoms. The molecule has 1 aliphatic rings. The molecule has 1 atom stereocenters. The number of rotatable bonds is 7. The van der Waals surface area contributed by atoms with Gasteiger partial charge >= 0.3 is 0 Å². The number of ether oxygens (including phenoxy) is 1. The number of aliphatic hydroxyl groups is 1. The Balaban J connectivity index is 1.77. The lowest BCUT2D eigenvalue weighted by Crippen LogP contribution is -2.23. The number of hydrogen-bond donors (Lipinski definition) is 2. The van der Waals surface area contributed by atoms with Crippen LogP contribution in [0.3, 0.4) is 0 Å². The minimum Gasteiger partial charge on any atom is -0.494 e. The molecule has 3 rings (SSSR count). The molecular formula is C20H27N3O2. The van der Waals surface area contributed by atoms with Gasteiger partial charge in [0.1, 0.15) is 11.6 Å². The van der Waals surface area contributed by atoms with Crippen molar-refractivity contribution in [1.29, 1.82) is 0 Å². The van der Waals surface area contributed by atoms with Gasteiger partial charge in [-0.05, 0) is 61.7 Å². The highest BCUT2D eigenvalue weighted by Crippen LogP contribution is 2.34. The lowest BCUT2D eigenvalue weighted by molar-refractivity contribution is 0.246. The second-order valence-electron chi connectivity index (χ2n) is 6.39. The Morgan fingerprint density at radius 2 is 2.20 bits per heavy atom. The predicted octanol–water partition coefficient (Wildman–Crippen LogP) is 3.35. The third-order valence-corrected chi connectivity index (χ3v) is 4.77. The zero-order valence-electron chi connectivity index (χ0n) is 15.0. The van der Waals surface area contributed by atoms with Crippen molar-refractivity contribution in [2.75, 3.05) is 25.5 Å². The summed E-state index contributed by atoms with van der Waals surface area (Å²) in [6, 6.07) is 10.8. The fourth-order valence-electron chi connectivity index (χ4n) is 3.57. The summed E-state index contributed by atoms with van der Waals surface area (Å²) < 4.78 is 5.58. The number of aromatic nitrogens is 1. The first kappa shape index (κ1) is 17.7. The lowest BCUT2D eigenvalue weighted by Gasteiger charge is -2.25. The molecule has 2 N–H and O–H groups in total. The van der Waals surface area contributed by atoms with Crippen LogP contribution in [0.2, 0.25) is 0 Å². The van der Waals surface area contributed by atoms with Crippen molar-refractivity contribution in [1.82, 2.24) is 9.88 Å². The molecule has 1 aliphatic heterocycles. The van der Waals surface area contributed by atoms with E-state index in [1.165, 1.54) is 17.5 Å². The predicted molar refractivity (Wildman–Crippen MR) is 99.7 cm³/mol. The number of pyridine rings is 1. The fourth-order valence-corrected chi connectivity index (χ4v) is 3.57. The summed E-state index contributed by atoms with van der Waals surface area (Å²) in [6.45, 7) is 4.53. The average molecular weight is 341 g/mol. The highest BCUT2D eigenvalue weighted by atomic mass is 16.5. The van der Waals surface area contributed by atoms with E-state index in [1.54, 1.807) is 0 Å². The maximum absolute atomic E-state index is 9.61. The van der Waals surface area contributed by atoms with Crippen LogP contribution in [0, 0.1) is 0 Å². The van der Waals surface area contributed by atoms with Crippen molar-refractivity contribution < 1.29 is 9.84 Å². The van der Waals surface area contributed by atoms with Crippen molar-refractivity contribution >= 4 is 5.82 Å². The zero-order chi connectivity index (χ0) is 17.6. The van der Waals surface area contributed by atoms with Crippen LogP contribution < -0.4 is 10.1 Å². The number of nitrogens with zero attached hydrogens (tertiary/aromatic N) is 2. The molecule has 0 bridgehead atoms. The number of hydrogen-bond acceptors (Lipinski definition) is 5. The Labute approximate surface area is 149 Å². The molecule has 0 spiro atoms. The van der Waals surface area contributed by atoms with Gasteiger partial charge in [-0.25, -0.2) is 4.98 Å². The van der Waals surface area contributed by atoms with Gasteiger partial charge in [0.2, 0.25) is 0 Å². The summed E-state index contributed by atoms with van der Waals surface area (Å²) in [5, 5.41) is 12.7. The minimum atomic E-state index is 0.00247. The summed E-state index contributed by atoms with van der Waals surface area (Å²) in [6.07, 6.45) is 4.24. The summed E-state index contributed by atoms with van der Waals surface area (Å²) in [5.41, 5.74) is 3.38. The molecule has 0 radical (unpaired) electrons. The molecular weight excluding hydrogens is 314 g/mol. The van der Waals surface area contributed by atoms with Crippen molar-refractivity contribution in [3.8, 4) is 5.75 Å². The van der Waals surface area contributed by atoms with Gasteiger partial charge in [-0.2, -0.15) is 0 Å². The van der Waals surface area contributed by atoms with E-state index >= 15 is 0 Å². The van der Waals surface area contributed by atoms with Crippen LogP contribution in [0.1, 0.15) is 42.5 Å². The third-order valence-electron chi connectivity index (χ3n) is 4.77. The van der Waals surface area contributed by atoms with Crippen molar-refractivity contribution in [3.05, 3.63) is 53.2 Å². The van der Waals surface area contributed by atoms with E-state index in [0.717, 1.165) is 36.6 Å². The number of likely N-dealkylation sites (tertiary alicyclic amines) is 1. The van der Waals surface area contributed by atoms with Crippen LogP contribution in [0.25, 0.3) is 0 Å². The zero-order valence-corrected chi connectivity index (χ0v) is 15.0. The highest BCUT2D eigenvalue weighted by Gasteiger charge is 2.26. The Morgan fingerprint density at radius 1 is 1.32 bits per heavy atom. The van der Waals surface area contributed by atoms with Gasteiger partial charge < -0.3 is 15.2 Å². The van der Waals surface area contributed by atoms with Gasteiger partial charge in [-0.15, -0.1) is 0 Å². The van der Waals surface area contributed by atoms with E-state index in [9.17, 15) is 5.11 Å². The highest BCUT2D eigenvalue weighted by molar-refractivity contribution is 5.39. The monoisotopic (exact) mass is 341 g/mol. The second kappa shape index (κ2) is 8.32. The number of nitrogens with one attached hydrogen (secondary N) is 1. The Kier molecular flexibility index (Phi) is 5.89. The largest absolute Gasteiger partial charge is 0.494 e. The smallest absolute Gasteiger partial charge is 0.125 e. The topological polar surface area (TPSA) is 57.6 Å². The quantitative estimate of drug-likeness (QED) is 0.809. The molecule has 1 aromatic heterocycles. The minimum absolute atomic E-state index is 0.00247. The maximum atomic E-state index is 9.61. The van der Waals surface area contributed by atoms with E-state index in [2.05, 4.69) is 39.5 Å². The summed E-state index contributed by atoms with van der Waals surface area (Å²) >= 11 is 0. The summed E-state index contributed by atoms with van der Waals surface area (Å²) in [4.78, 5) is 6.82. The van der Waals surface area contributed by atoms with Gasteiger partial charge in [0, 0.05) is 31.4 Å². The average Bonchev–Trinajstić information content (AvgIpc) is 3.11. The molecule has 134 valence electrons. The molecule has 0 aliphatic carbocycles. The first-order valence-corrected chi connectivity index (χ1v) is 8.98. The SMILES string of the molecule is CCOc1ccc(CN2CCC[C@@H]2c2ccnc(NC)c2)cc1CO. The molecule has 0 unspecified atom stereocenters. The second-order valence-corrected chi connectivity index (χ2v) is 6.39. The van der Waals surface area contributed by atoms with Gasteiger partial charge in [-0.1, -0.05) is 6.07 Å². The first-order chi connectivity index (χ1) is 12.2. The van der Waals surface area contributed by atoms with E-state index in [-0.39, 0.29) is 6.61 Å². The maximum Gasteiger partial charge on any atom is 0.125 e. The third kappa shape index (κ3) is 4.11. The van der Waals surface area contributed by atoms with Crippen molar-refractivity contribution in [2.45, 2.75) is 39.0 Å². The van der Waals surface area contributed by atoms with Crippen LogP contribution in [-0.2, 0) is 13.2 Å². The first-order valence-electron chi connectivity index (χ1n) is 8.98. The summed E-state index contributed by atoms with van der Waals surface area (Å²) in [7, 11) is 1.90. The molecule has 1 aromatic carbocycles. The van der Waals surface area contributed by atoms with Gasteiger partial charge in [0.15, 0.2) is 0 Å². The molecule has 0 saturated carbocycles. The van der Waals surface area contributed by atoms with Crippen molar-refractivity contribution in [3.63, 3.8) is 0 Å². The molecule has 2 heterocycles. The molecule has 1 saturated heterocycles. The van der Waals surface area contributed by atoms with E-state index < -0.39 is 0 Å². The Hall–Kier alpha value is -2.11. The van der Waals surface area contributed by atoms with E-state index in [0.29, 0.717) is 12.6 Å². The van der Waals surface area contributed by atoms with Crippen LogP contribution in [0.5, 0.6) is 5.75 Å². The Bertz CT molecular complexity index is 705. The normalized spacial score (nSPS) is 17.6. The number of benzene rings is 1.